The largest absolute Gasteiger partial charge is 0.441 e. The second-order valence-corrected chi connectivity index (χ2v) is 7.23. The second-order valence-electron chi connectivity index (χ2n) is 6.15. The number of nitrogens with one attached hydrogen (secondary N) is 1. The van der Waals surface area contributed by atoms with Gasteiger partial charge in [-0.05, 0) is 36.4 Å². The molecule has 0 bridgehead atoms. The zero-order chi connectivity index (χ0) is 19.0. The molecule has 1 aromatic heterocycles. The van der Waals surface area contributed by atoms with Crippen molar-refractivity contribution in [3.8, 4) is 10.4 Å². The van der Waals surface area contributed by atoms with Gasteiger partial charge < -0.3 is 14.9 Å². The Hall–Kier alpha value is -2.46. The van der Waals surface area contributed by atoms with E-state index >= 15 is 0 Å². The van der Waals surface area contributed by atoms with Gasteiger partial charge in [-0.1, -0.05) is 0 Å². The molecule has 3 N–H and O–H groups in total. The highest BCUT2D eigenvalue weighted by Crippen LogP contribution is 2.35. The zero-order valence-corrected chi connectivity index (χ0v) is 14.9. The van der Waals surface area contributed by atoms with Gasteiger partial charge in [0.05, 0.1) is 36.0 Å². The Balaban J connectivity index is 1.56. The lowest BCUT2D eigenvalue weighted by molar-refractivity contribution is 0.0174. The van der Waals surface area contributed by atoms with Crippen LogP contribution in [-0.2, 0) is 9.57 Å². The normalized spacial score (nSPS) is 22.0. The van der Waals surface area contributed by atoms with Gasteiger partial charge in [-0.25, -0.2) is 9.18 Å². The number of ether oxygens (including phenoxy) is 1. The van der Waals surface area contributed by atoms with Crippen LogP contribution in [-0.4, -0.2) is 48.3 Å². The molecule has 2 aliphatic rings. The van der Waals surface area contributed by atoms with Crippen molar-refractivity contribution in [3.63, 3.8) is 0 Å². The maximum absolute atomic E-state index is 14.7. The topological polar surface area (TPSA) is 91.3 Å². The van der Waals surface area contributed by atoms with Crippen molar-refractivity contribution in [1.29, 1.82) is 0 Å². The van der Waals surface area contributed by atoms with Crippen molar-refractivity contribution in [2.45, 2.75) is 12.2 Å². The van der Waals surface area contributed by atoms with Crippen LogP contribution in [0.3, 0.4) is 0 Å². The number of hydrogen-bond donors (Lipinski definition) is 3. The predicted molar refractivity (Wildman–Crippen MR) is 97.5 cm³/mol. The Morgan fingerprint density at radius 3 is 2.70 bits per heavy atom. The van der Waals surface area contributed by atoms with Crippen LogP contribution in [0.2, 0.25) is 0 Å². The molecule has 7 nitrogen and oxygen atoms in total. The molecule has 9 heteroatoms. The van der Waals surface area contributed by atoms with Gasteiger partial charge in [-0.15, -0.1) is 11.3 Å². The van der Waals surface area contributed by atoms with Crippen LogP contribution >= 0.6 is 11.3 Å². The molecular weight excluding hydrogens is 375 g/mol. The maximum atomic E-state index is 14.7. The summed E-state index contributed by atoms with van der Waals surface area (Å²) >= 11 is 1.38. The number of hydroxylamine groups is 1. The first kappa shape index (κ1) is 17.9. The van der Waals surface area contributed by atoms with Crippen LogP contribution in [0.5, 0.6) is 0 Å². The van der Waals surface area contributed by atoms with E-state index < -0.39 is 24.1 Å². The highest BCUT2D eigenvalue weighted by molar-refractivity contribution is 7.16. The first-order valence-corrected chi connectivity index (χ1v) is 9.14. The molecule has 1 fully saturated rings. The van der Waals surface area contributed by atoms with Crippen LogP contribution in [0.4, 0.5) is 14.9 Å². The fourth-order valence-electron chi connectivity index (χ4n) is 2.94. The number of cyclic esters (lactones) is 1. The molecule has 27 heavy (non-hydrogen) atoms. The minimum atomic E-state index is -0.600. The standard InChI is InChI=1S/C18H17FN2O5S/c19-14-5-10(21-7-12(9-23)25-18(21)24)1-2-13(14)16-3-4-17(27-16)15-6-11(8-22)26-20-15/h1-6,11-12,20,22-23H,7-9H2/t11?,12-/m1/s1. The third-order valence-electron chi connectivity index (χ3n) is 4.33. The molecule has 2 aromatic rings. The SMILES string of the molecule is O=C1O[C@@H](CO)CN1c1ccc(-c2ccc(C3=CC(CO)ON3)s2)c(F)c1. The molecule has 142 valence electrons. The number of thiophene rings is 1. The number of aliphatic hydroxyl groups excluding tert-OH is 2. The number of rotatable bonds is 5. The van der Waals surface area contributed by atoms with E-state index in [-0.39, 0.29) is 19.8 Å². The highest BCUT2D eigenvalue weighted by Gasteiger charge is 2.32. The summed E-state index contributed by atoms with van der Waals surface area (Å²) in [6, 6.07) is 8.20. The summed E-state index contributed by atoms with van der Waals surface area (Å²) in [5, 5.41) is 18.2. The van der Waals surface area contributed by atoms with E-state index in [9.17, 15) is 9.18 Å². The number of halogens is 1. The number of benzene rings is 1. The smallest absolute Gasteiger partial charge is 0.414 e. The summed E-state index contributed by atoms with van der Waals surface area (Å²) in [7, 11) is 0. The molecule has 0 spiro atoms. The fourth-order valence-corrected chi connectivity index (χ4v) is 3.95. The molecule has 4 rings (SSSR count). The molecule has 1 unspecified atom stereocenters. The van der Waals surface area contributed by atoms with Gasteiger partial charge in [0.2, 0.25) is 0 Å². The van der Waals surface area contributed by atoms with E-state index in [1.54, 1.807) is 24.3 Å². The Morgan fingerprint density at radius 1 is 1.22 bits per heavy atom. The number of nitrogens with zero attached hydrogens (tertiary/aromatic N) is 1. The quantitative estimate of drug-likeness (QED) is 0.722. The van der Waals surface area contributed by atoms with Gasteiger partial charge >= 0.3 is 6.09 Å². The zero-order valence-electron chi connectivity index (χ0n) is 14.1. The first-order chi connectivity index (χ1) is 13.1. The average Bonchev–Trinajstić information content (AvgIpc) is 3.40. The summed E-state index contributed by atoms with van der Waals surface area (Å²) < 4.78 is 19.7. The van der Waals surface area contributed by atoms with Crippen molar-refractivity contribution in [2.24, 2.45) is 0 Å². The average molecular weight is 392 g/mol. The molecule has 1 amide bonds. The number of hydrogen-bond acceptors (Lipinski definition) is 7. The number of anilines is 1. The van der Waals surface area contributed by atoms with E-state index in [1.807, 2.05) is 6.07 Å². The monoisotopic (exact) mass is 392 g/mol. The summed E-state index contributed by atoms with van der Waals surface area (Å²) in [5.41, 5.74) is 4.29. The van der Waals surface area contributed by atoms with E-state index in [0.29, 0.717) is 11.3 Å². The number of carbonyl (C=O) groups is 1. The van der Waals surface area contributed by atoms with E-state index in [2.05, 4.69) is 5.48 Å². The van der Waals surface area contributed by atoms with Crippen molar-refractivity contribution in [1.82, 2.24) is 5.48 Å². The molecule has 3 heterocycles. The van der Waals surface area contributed by atoms with Crippen molar-refractivity contribution >= 4 is 28.8 Å². The van der Waals surface area contributed by atoms with E-state index in [4.69, 9.17) is 19.8 Å². The molecule has 1 saturated heterocycles. The van der Waals surface area contributed by atoms with E-state index in [0.717, 1.165) is 15.5 Å². The van der Waals surface area contributed by atoms with Crippen LogP contribution in [0.25, 0.3) is 16.1 Å². The highest BCUT2D eigenvalue weighted by atomic mass is 32.1. The maximum Gasteiger partial charge on any atom is 0.414 e. The van der Waals surface area contributed by atoms with Crippen molar-refractivity contribution in [2.75, 3.05) is 24.7 Å². The summed E-state index contributed by atoms with van der Waals surface area (Å²) in [4.78, 5) is 19.9. The summed E-state index contributed by atoms with van der Waals surface area (Å²) in [6.45, 7) is -0.213. The van der Waals surface area contributed by atoms with Gasteiger partial charge in [0.25, 0.3) is 0 Å². The number of amides is 1. The summed E-state index contributed by atoms with van der Waals surface area (Å²) in [5.74, 6) is -0.459. The van der Waals surface area contributed by atoms with Gasteiger partial charge in [0.15, 0.2) is 0 Å². The fraction of sp³-hybridized carbons (Fsp3) is 0.278. The van der Waals surface area contributed by atoms with Crippen LogP contribution in [0, 0.1) is 5.82 Å². The molecule has 2 atom stereocenters. The lowest BCUT2D eigenvalue weighted by Crippen LogP contribution is -2.25. The lowest BCUT2D eigenvalue weighted by atomic mass is 10.1. The van der Waals surface area contributed by atoms with Gasteiger partial charge in [0, 0.05) is 10.4 Å². The minimum Gasteiger partial charge on any atom is -0.441 e. The predicted octanol–water partition coefficient (Wildman–Crippen LogP) is 2.11. The van der Waals surface area contributed by atoms with Crippen LogP contribution in [0.1, 0.15) is 4.88 Å². The molecule has 0 aliphatic carbocycles. The Morgan fingerprint density at radius 2 is 2.04 bits per heavy atom. The second kappa shape index (κ2) is 7.28. The molecular formula is C18H17FN2O5S. The molecule has 2 aliphatic heterocycles. The number of aliphatic hydroxyl groups is 2. The lowest BCUT2D eigenvalue weighted by Gasteiger charge is -2.13. The van der Waals surface area contributed by atoms with Crippen LogP contribution < -0.4 is 10.4 Å². The molecule has 0 radical (unpaired) electrons. The minimum absolute atomic E-state index is 0.124. The summed E-state index contributed by atoms with van der Waals surface area (Å²) in [6.07, 6.45) is 0.171. The van der Waals surface area contributed by atoms with E-state index in [1.165, 1.54) is 22.3 Å². The first-order valence-electron chi connectivity index (χ1n) is 8.32. The Kier molecular flexibility index (Phi) is 4.83. The Labute approximate surface area is 158 Å². The Bertz CT molecular complexity index is 900. The van der Waals surface area contributed by atoms with Gasteiger partial charge in [-0.3, -0.25) is 15.2 Å². The number of carbonyl (C=O) groups excluding carboxylic acids is 1. The third kappa shape index (κ3) is 3.42. The van der Waals surface area contributed by atoms with Crippen molar-refractivity contribution < 1.29 is 29.0 Å². The third-order valence-corrected chi connectivity index (χ3v) is 5.48. The molecule has 1 aromatic carbocycles. The van der Waals surface area contributed by atoms with Crippen molar-refractivity contribution in [3.05, 3.63) is 47.1 Å². The van der Waals surface area contributed by atoms with Crippen LogP contribution in [0.15, 0.2) is 36.4 Å². The molecule has 0 saturated carbocycles. The van der Waals surface area contributed by atoms with Gasteiger partial charge in [0.1, 0.15) is 18.0 Å². The van der Waals surface area contributed by atoms with Gasteiger partial charge in [-0.2, -0.15) is 0 Å².